The van der Waals surface area contributed by atoms with E-state index >= 15 is 0 Å². The van der Waals surface area contributed by atoms with Gasteiger partial charge < -0.3 is 4.55 Å². The van der Waals surface area contributed by atoms with Crippen molar-refractivity contribution in [3.63, 3.8) is 0 Å². The van der Waals surface area contributed by atoms with Crippen molar-refractivity contribution in [1.82, 2.24) is 0 Å². The Hall–Kier alpha value is -0.530. The number of rotatable bonds is 2. The van der Waals surface area contributed by atoms with Gasteiger partial charge in [0, 0.05) is 0 Å². The van der Waals surface area contributed by atoms with Crippen molar-refractivity contribution in [2.75, 3.05) is 0 Å². The molecule has 17 heavy (non-hydrogen) atoms. The highest BCUT2D eigenvalue weighted by molar-refractivity contribution is 7.91. The summed E-state index contributed by atoms with van der Waals surface area (Å²) < 4.78 is 51.7. The predicted molar refractivity (Wildman–Crippen MR) is 64.8 cm³/mol. The van der Waals surface area contributed by atoms with Crippen LogP contribution in [0.1, 0.15) is 30.5 Å². The lowest BCUT2D eigenvalue weighted by molar-refractivity contribution is -0.134. The molecule has 0 fully saturated rings. The van der Waals surface area contributed by atoms with Gasteiger partial charge >= 0.3 is 6.18 Å². The molecule has 0 aliphatic rings. The third kappa shape index (κ3) is 4.33. The zero-order chi connectivity index (χ0) is 13.3. The van der Waals surface area contributed by atoms with Gasteiger partial charge in [0.2, 0.25) is 0 Å². The summed E-state index contributed by atoms with van der Waals surface area (Å²) in [5.41, 5.74) is 0. The third-order valence-corrected chi connectivity index (χ3v) is 4.11. The Bertz CT molecular complexity index is 406. The summed E-state index contributed by atoms with van der Waals surface area (Å²) in [5.74, 6) is 0. The lowest BCUT2D eigenvalue weighted by Gasteiger charge is -2.17. The van der Waals surface area contributed by atoms with Crippen LogP contribution in [-0.2, 0) is 17.5 Å². The van der Waals surface area contributed by atoms with Gasteiger partial charge in [0.15, 0.2) is 0 Å². The fourth-order valence-corrected chi connectivity index (χ4v) is 2.17. The fraction of sp³-hybridized carbons (Fsp3) is 0.500. The Kier molecular flexibility index (Phi) is 4.27. The maximum Gasteiger partial charge on any atom is 0.425 e. The quantitative estimate of drug-likeness (QED) is 0.603. The maximum atomic E-state index is 12.3. The summed E-state index contributed by atoms with van der Waals surface area (Å²) in [6.45, 7) is 5.24. The molecule has 1 unspecified atom stereocenters. The molecule has 0 aliphatic heterocycles. The Morgan fingerprint density at radius 1 is 1.29 bits per heavy atom. The van der Waals surface area contributed by atoms with E-state index in [-0.39, 0.29) is 0 Å². The van der Waals surface area contributed by atoms with Crippen LogP contribution in [0.5, 0.6) is 0 Å². The van der Waals surface area contributed by atoms with Crippen LogP contribution in [0.2, 0.25) is 0 Å². The van der Waals surface area contributed by atoms with Crippen molar-refractivity contribution in [3.8, 4) is 0 Å². The first kappa shape index (κ1) is 14.5. The van der Waals surface area contributed by atoms with Gasteiger partial charge in [-0.3, -0.25) is 0 Å². The molecule has 0 amide bonds. The average molecular weight is 283 g/mol. The minimum Gasteiger partial charge on any atom is -0.591 e. The Balaban J connectivity index is 2.77. The molecule has 1 heterocycles. The van der Waals surface area contributed by atoms with Crippen molar-refractivity contribution >= 4 is 28.9 Å². The van der Waals surface area contributed by atoms with Gasteiger partial charge in [0.05, 0.1) is 11.1 Å². The van der Waals surface area contributed by atoms with Crippen LogP contribution in [0.15, 0.2) is 16.5 Å². The average Bonchev–Trinajstić information content (AvgIpc) is 2.59. The first-order chi connectivity index (χ1) is 7.60. The van der Waals surface area contributed by atoms with Crippen molar-refractivity contribution < 1.29 is 17.7 Å². The van der Waals surface area contributed by atoms with E-state index < -0.39 is 27.2 Å². The summed E-state index contributed by atoms with van der Waals surface area (Å²) in [5, 5.41) is 0. The molecule has 7 heteroatoms. The van der Waals surface area contributed by atoms with Crippen molar-refractivity contribution in [2.24, 2.45) is 4.40 Å². The fourth-order valence-electron chi connectivity index (χ4n) is 0.832. The first-order valence-corrected chi connectivity index (χ1v) is 6.66. The van der Waals surface area contributed by atoms with Gasteiger partial charge in [-0.05, 0) is 32.9 Å². The summed E-state index contributed by atoms with van der Waals surface area (Å²) in [4.78, 5) is -0.338. The van der Waals surface area contributed by atoms with Crippen LogP contribution in [0.25, 0.3) is 0 Å². The first-order valence-electron chi connectivity index (χ1n) is 4.74. The number of thiophene rings is 1. The maximum absolute atomic E-state index is 12.3. The second-order valence-corrected chi connectivity index (χ2v) is 7.35. The normalized spacial score (nSPS) is 15.5. The van der Waals surface area contributed by atoms with Crippen molar-refractivity contribution in [1.29, 1.82) is 0 Å². The monoisotopic (exact) mass is 283 g/mol. The van der Waals surface area contributed by atoms with Crippen molar-refractivity contribution in [2.45, 2.75) is 31.7 Å². The van der Waals surface area contributed by atoms with Crippen LogP contribution in [0.4, 0.5) is 13.2 Å². The largest absolute Gasteiger partial charge is 0.591 e. The molecule has 0 bridgehead atoms. The molecule has 1 rings (SSSR count). The molecule has 0 N–H and O–H groups in total. The predicted octanol–water partition coefficient (Wildman–Crippen LogP) is 3.65. The van der Waals surface area contributed by atoms with E-state index in [0.717, 1.165) is 6.07 Å². The Morgan fingerprint density at radius 3 is 2.29 bits per heavy atom. The SMILES string of the molecule is CC(C)(C)[S+]([O-])N=Cc1ccc(C(F)(F)F)s1. The minimum atomic E-state index is -4.33. The van der Waals surface area contributed by atoms with E-state index in [1.54, 1.807) is 20.8 Å². The van der Waals surface area contributed by atoms with E-state index in [4.69, 9.17) is 0 Å². The lowest BCUT2D eigenvalue weighted by atomic mass is 10.3. The molecule has 1 aromatic heterocycles. The Labute approximate surface area is 105 Å². The zero-order valence-electron chi connectivity index (χ0n) is 9.54. The molecule has 0 aromatic carbocycles. The van der Waals surface area contributed by atoms with E-state index in [9.17, 15) is 17.7 Å². The van der Waals surface area contributed by atoms with Gasteiger partial charge in [-0.1, -0.05) is 4.40 Å². The standard InChI is InChI=1S/C10H12F3NOS2/c1-9(2,3)17(15)14-6-7-4-5-8(16-7)10(11,12)13/h4-6H,1-3H3. The van der Waals surface area contributed by atoms with Crippen molar-refractivity contribution in [3.05, 3.63) is 21.9 Å². The molecule has 0 radical (unpaired) electrons. The number of hydrogen-bond donors (Lipinski definition) is 0. The molecule has 1 atom stereocenters. The van der Waals surface area contributed by atoms with Gasteiger partial charge in [0.1, 0.15) is 21.0 Å². The van der Waals surface area contributed by atoms with Crippen LogP contribution < -0.4 is 0 Å². The highest BCUT2D eigenvalue weighted by Crippen LogP contribution is 2.34. The second-order valence-electron chi connectivity index (χ2n) is 4.30. The molecule has 0 aliphatic carbocycles. The van der Waals surface area contributed by atoms with E-state index in [1.807, 2.05) is 0 Å². The number of hydrogen-bond acceptors (Lipinski definition) is 3. The number of alkyl halides is 3. The van der Waals surface area contributed by atoms with Crippen LogP contribution in [0, 0.1) is 0 Å². The third-order valence-electron chi connectivity index (χ3n) is 1.71. The summed E-state index contributed by atoms with van der Waals surface area (Å²) in [6.07, 6.45) is -3.11. The summed E-state index contributed by atoms with van der Waals surface area (Å²) in [7, 11) is 0. The topological polar surface area (TPSA) is 35.4 Å². The minimum absolute atomic E-state index is 0.343. The molecule has 0 spiro atoms. The zero-order valence-corrected chi connectivity index (χ0v) is 11.2. The molecule has 2 nitrogen and oxygen atoms in total. The van der Waals surface area contributed by atoms with E-state index in [0.29, 0.717) is 16.2 Å². The molecular weight excluding hydrogens is 271 g/mol. The second kappa shape index (κ2) is 4.99. The Morgan fingerprint density at radius 2 is 1.88 bits per heavy atom. The van der Waals surface area contributed by atoms with Crippen LogP contribution >= 0.6 is 11.3 Å². The molecule has 1 aromatic rings. The number of nitrogens with zero attached hydrogens (tertiary/aromatic N) is 1. The molecule has 96 valence electrons. The molecule has 0 saturated carbocycles. The van der Waals surface area contributed by atoms with Gasteiger partial charge in [-0.15, -0.1) is 11.3 Å². The highest BCUT2D eigenvalue weighted by Gasteiger charge is 2.32. The highest BCUT2D eigenvalue weighted by atomic mass is 32.2. The van der Waals surface area contributed by atoms with Gasteiger partial charge in [0.25, 0.3) is 0 Å². The van der Waals surface area contributed by atoms with Crippen LogP contribution in [-0.4, -0.2) is 15.5 Å². The number of halogens is 3. The molecular formula is C10H12F3NOS2. The van der Waals surface area contributed by atoms with E-state index in [2.05, 4.69) is 4.40 Å². The summed E-state index contributed by atoms with van der Waals surface area (Å²) in [6, 6.07) is 2.31. The van der Waals surface area contributed by atoms with E-state index in [1.165, 1.54) is 12.3 Å². The lowest BCUT2D eigenvalue weighted by Crippen LogP contribution is -2.25. The smallest absolute Gasteiger partial charge is 0.425 e. The van der Waals surface area contributed by atoms with Gasteiger partial charge in [-0.2, -0.15) is 13.2 Å². The van der Waals surface area contributed by atoms with Crippen LogP contribution in [0.3, 0.4) is 0 Å². The molecule has 0 saturated heterocycles. The van der Waals surface area contributed by atoms with Gasteiger partial charge in [-0.25, -0.2) is 0 Å². The summed E-state index contributed by atoms with van der Waals surface area (Å²) >= 11 is -0.871.